The lowest BCUT2D eigenvalue weighted by atomic mass is 9.99. The fraction of sp³-hybridized carbons (Fsp3) is 0.844. The van der Waals surface area contributed by atoms with E-state index >= 15 is 0 Å². The average molecular weight is 766 g/mol. The number of hydrogen-bond acceptors (Lipinski definition) is 8. The molecule has 0 saturated carbocycles. The van der Waals surface area contributed by atoms with E-state index in [1.54, 1.807) is 6.08 Å². The number of amides is 1. The molecule has 316 valence electrons. The van der Waals surface area contributed by atoms with E-state index in [-0.39, 0.29) is 12.5 Å². The van der Waals surface area contributed by atoms with Crippen LogP contribution in [0.4, 0.5) is 0 Å². The molecule has 1 amide bonds. The second kappa shape index (κ2) is 35.8. The van der Waals surface area contributed by atoms with Crippen LogP contribution in [0.3, 0.4) is 0 Å². The SMILES string of the molecule is CCCCCCCC/C=C/CCCCCCCC(=O)N[C@@H](CO[C@@H]1O[C@H](CO)[C@@H](O)C(O)C1O)[C@H](O)/C=C/CC/C=C/CCCCCCCCCCCC. The summed E-state index contributed by atoms with van der Waals surface area (Å²) in [4.78, 5) is 12.9. The van der Waals surface area contributed by atoms with Crippen LogP contribution in [-0.4, -0.2) is 87.5 Å². The van der Waals surface area contributed by atoms with Gasteiger partial charge in [-0.05, 0) is 57.8 Å². The first-order chi connectivity index (χ1) is 26.3. The lowest BCUT2D eigenvalue weighted by molar-refractivity contribution is -0.302. The largest absolute Gasteiger partial charge is 0.394 e. The van der Waals surface area contributed by atoms with Crippen LogP contribution in [-0.2, 0) is 14.3 Å². The highest BCUT2D eigenvalue weighted by atomic mass is 16.7. The van der Waals surface area contributed by atoms with Crippen molar-refractivity contribution < 1.29 is 39.8 Å². The Balaban J connectivity index is 2.42. The van der Waals surface area contributed by atoms with Crippen molar-refractivity contribution in [2.24, 2.45) is 0 Å². The quantitative estimate of drug-likeness (QED) is 0.0274. The Morgan fingerprint density at radius 1 is 0.611 bits per heavy atom. The number of carbonyl (C=O) groups is 1. The second-order valence-electron chi connectivity index (χ2n) is 15.5. The molecule has 0 spiro atoms. The lowest BCUT2D eigenvalue weighted by Gasteiger charge is -2.40. The summed E-state index contributed by atoms with van der Waals surface area (Å²) in [5.74, 6) is -0.197. The average Bonchev–Trinajstić information content (AvgIpc) is 3.17. The van der Waals surface area contributed by atoms with Crippen molar-refractivity contribution in [3.05, 3.63) is 36.5 Å². The molecule has 2 unspecified atom stereocenters. The van der Waals surface area contributed by atoms with E-state index in [0.29, 0.717) is 6.42 Å². The molecule has 9 heteroatoms. The predicted octanol–water partition coefficient (Wildman–Crippen LogP) is 8.89. The van der Waals surface area contributed by atoms with E-state index in [1.165, 1.54) is 109 Å². The number of nitrogens with one attached hydrogen (secondary N) is 1. The number of aliphatic hydroxyl groups excluding tert-OH is 5. The molecule has 54 heavy (non-hydrogen) atoms. The van der Waals surface area contributed by atoms with Gasteiger partial charge in [0, 0.05) is 6.42 Å². The fourth-order valence-corrected chi connectivity index (χ4v) is 6.81. The third kappa shape index (κ3) is 26.3. The zero-order valence-electron chi connectivity index (χ0n) is 34.5. The van der Waals surface area contributed by atoms with E-state index in [4.69, 9.17) is 9.47 Å². The van der Waals surface area contributed by atoms with Crippen molar-refractivity contribution in [3.63, 3.8) is 0 Å². The molecule has 0 bridgehead atoms. The first-order valence-electron chi connectivity index (χ1n) is 22.2. The molecule has 7 atom stereocenters. The van der Waals surface area contributed by atoms with Crippen LogP contribution in [0.1, 0.15) is 187 Å². The highest BCUT2D eigenvalue weighted by molar-refractivity contribution is 5.76. The zero-order chi connectivity index (χ0) is 39.5. The van der Waals surface area contributed by atoms with Crippen molar-refractivity contribution in [3.8, 4) is 0 Å². The predicted molar refractivity (Wildman–Crippen MR) is 221 cm³/mol. The lowest BCUT2D eigenvalue weighted by Crippen LogP contribution is -2.60. The molecule has 1 fully saturated rings. The van der Waals surface area contributed by atoms with Crippen LogP contribution in [0.2, 0.25) is 0 Å². The highest BCUT2D eigenvalue weighted by Gasteiger charge is 2.44. The number of unbranched alkanes of at least 4 members (excludes halogenated alkanes) is 22. The van der Waals surface area contributed by atoms with E-state index in [2.05, 4.69) is 43.5 Å². The third-order valence-electron chi connectivity index (χ3n) is 10.4. The van der Waals surface area contributed by atoms with Gasteiger partial charge in [0.1, 0.15) is 24.4 Å². The topological polar surface area (TPSA) is 149 Å². The molecular formula is C45H83NO8. The van der Waals surface area contributed by atoms with Crippen LogP contribution in [0.25, 0.3) is 0 Å². The van der Waals surface area contributed by atoms with Crippen LogP contribution >= 0.6 is 0 Å². The van der Waals surface area contributed by atoms with E-state index in [0.717, 1.165) is 57.8 Å². The van der Waals surface area contributed by atoms with Gasteiger partial charge in [0.25, 0.3) is 0 Å². The van der Waals surface area contributed by atoms with Crippen molar-refractivity contribution in [1.29, 1.82) is 0 Å². The fourth-order valence-electron chi connectivity index (χ4n) is 6.81. The number of carbonyl (C=O) groups excluding carboxylic acids is 1. The minimum absolute atomic E-state index is 0.197. The summed E-state index contributed by atoms with van der Waals surface area (Å²) in [6, 6.07) is -0.823. The number of allylic oxidation sites excluding steroid dienone is 5. The molecule has 0 radical (unpaired) electrons. The van der Waals surface area contributed by atoms with Gasteiger partial charge in [-0.1, -0.05) is 159 Å². The Morgan fingerprint density at radius 3 is 1.56 bits per heavy atom. The van der Waals surface area contributed by atoms with Crippen molar-refractivity contribution in [1.82, 2.24) is 5.32 Å². The van der Waals surface area contributed by atoms with Crippen molar-refractivity contribution >= 4 is 5.91 Å². The maximum atomic E-state index is 12.9. The summed E-state index contributed by atoms with van der Waals surface area (Å²) in [5.41, 5.74) is 0. The van der Waals surface area contributed by atoms with Gasteiger partial charge in [0.05, 0.1) is 25.4 Å². The molecule has 0 aromatic carbocycles. The second-order valence-corrected chi connectivity index (χ2v) is 15.5. The van der Waals surface area contributed by atoms with Crippen molar-refractivity contribution in [2.45, 2.75) is 230 Å². The molecule has 9 nitrogen and oxygen atoms in total. The number of rotatable bonds is 36. The number of hydrogen-bond donors (Lipinski definition) is 6. The van der Waals surface area contributed by atoms with Gasteiger partial charge in [-0.3, -0.25) is 4.79 Å². The van der Waals surface area contributed by atoms with E-state index in [1.807, 2.05) is 6.08 Å². The van der Waals surface area contributed by atoms with Crippen LogP contribution < -0.4 is 5.32 Å². The molecule has 6 N–H and O–H groups in total. The van der Waals surface area contributed by atoms with Crippen molar-refractivity contribution in [2.75, 3.05) is 13.2 Å². The Kier molecular flexibility index (Phi) is 33.4. The minimum Gasteiger partial charge on any atom is -0.394 e. The Hall–Kier alpha value is -1.59. The monoisotopic (exact) mass is 766 g/mol. The highest BCUT2D eigenvalue weighted by Crippen LogP contribution is 2.22. The standard InChI is InChI=1S/C45H83NO8/c1-3-5-7-9-11-13-15-17-19-21-22-24-26-28-30-32-34-39(48)38(37-53-45-44(52)43(51)42(50)40(36-47)54-45)46-41(49)35-33-31-29-27-25-23-20-18-16-14-12-10-8-6-4-2/h18,20,24,26,32,34,38-40,42-45,47-48,50-52H,3-17,19,21-23,25,27-31,33,35-37H2,1-2H3,(H,46,49)/b20-18+,26-24+,34-32+/t38-,39+,40+,42+,43?,44?,45+/m0/s1. The zero-order valence-corrected chi connectivity index (χ0v) is 34.5. The smallest absolute Gasteiger partial charge is 0.220 e. The molecule has 0 aliphatic carbocycles. The summed E-state index contributed by atoms with van der Waals surface area (Å²) in [6.07, 6.45) is 36.1. The first-order valence-corrected chi connectivity index (χ1v) is 22.2. The maximum absolute atomic E-state index is 12.9. The van der Waals surface area contributed by atoms with E-state index in [9.17, 15) is 30.3 Å². The molecule has 0 aromatic rings. The molecule has 1 aliphatic heterocycles. The van der Waals surface area contributed by atoms with Crippen LogP contribution in [0.5, 0.6) is 0 Å². The van der Waals surface area contributed by atoms with Gasteiger partial charge in [0.2, 0.25) is 5.91 Å². The van der Waals surface area contributed by atoms with Crippen LogP contribution in [0, 0.1) is 0 Å². The van der Waals surface area contributed by atoms with Gasteiger partial charge in [0.15, 0.2) is 6.29 Å². The molecule has 1 heterocycles. The minimum atomic E-state index is -1.57. The maximum Gasteiger partial charge on any atom is 0.220 e. The summed E-state index contributed by atoms with van der Waals surface area (Å²) in [5, 5.41) is 54.1. The van der Waals surface area contributed by atoms with Gasteiger partial charge >= 0.3 is 0 Å². The summed E-state index contributed by atoms with van der Waals surface area (Å²) in [6.45, 7) is 3.73. The number of aliphatic hydroxyl groups is 5. The normalized spacial score (nSPS) is 21.8. The molecule has 1 saturated heterocycles. The van der Waals surface area contributed by atoms with Gasteiger partial charge in [-0.2, -0.15) is 0 Å². The molecule has 1 aliphatic rings. The van der Waals surface area contributed by atoms with Gasteiger partial charge in [-0.25, -0.2) is 0 Å². The first kappa shape index (κ1) is 50.4. The Morgan fingerprint density at radius 2 is 1.06 bits per heavy atom. The van der Waals surface area contributed by atoms with E-state index < -0.39 is 49.5 Å². The Bertz CT molecular complexity index is 941. The summed E-state index contributed by atoms with van der Waals surface area (Å²) in [7, 11) is 0. The van der Waals surface area contributed by atoms with Gasteiger partial charge < -0.3 is 40.3 Å². The molecule has 1 rings (SSSR count). The third-order valence-corrected chi connectivity index (χ3v) is 10.4. The molecule has 0 aromatic heterocycles. The number of ether oxygens (including phenoxy) is 2. The summed E-state index contributed by atoms with van der Waals surface area (Å²) >= 11 is 0. The summed E-state index contributed by atoms with van der Waals surface area (Å²) < 4.78 is 11.2. The van der Waals surface area contributed by atoms with Crippen LogP contribution in [0.15, 0.2) is 36.5 Å². The molecular weight excluding hydrogens is 682 g/mol. The van der Waals surface area contributed by atoms with Gasteiger partial charge in [-0.15, -0.1) is 0 Å². The Labute approximate surface area is 330 Å².